The molecule has 1 aromatic rings. The van der Waals surface area contributed by atoms with Gasteiger partial charge in [0.2, 0.25) is 0 Å². The van der Waals surface area contributed by atoms with E-state index in [1.54, 1.807) is 0 Å². The molecule has 0 spiro atoms. The maximum absolute atomic E-state index is 12.6. The number of hydrogen-bond donors (Lipinski definition) is 1. The van der Waals surface area contributed by atoms with Crippen molar-refractivity contribution in [3.63, 3.8) is 0 Å². The fourth-order valence-corrected chi connectivity index (χ4v) is 2.01. The number of halogens is 3. The first-order valence-corrected chi connectivity index (χ1v) is 6.26. The molecule has 1 N–H and O–H groups in total. The molecule has 2 heterocycles. The number of fused-ring (bicyclic) bond motifs is 1. The third kappa shape index (κ3) is 3.45. The summed E-state index contributed by atoms with van der Waals surface area (Å²) in [5.41, 5.74) is 0.321. The predicted molar refractivity (Wildman–Crippen MR) is 64.5 cm³/mol. The molecular formula is C13H17F3N2O. The Kier molecular flexibility index (Phi) is 4.10. The molecule has 0 saturated heterocycles. The van der Waals surface area contributed by atoms with Crippen molar-refractivity contribution in [3.8, 4) is 0 Å². The molecule has 3 nitrogen and oxygen atoms in total. The van der Waals surface area contributed by atoms with Crippen molar-refractivity contribution in [2.75, 3.05) is 13.2 Å². The number of ether oxygens (including phenoxy) is 1. The zero-order chi connectivity index (χ0) is 14.0. The highest BCUT2D eigenvalue weighted by Gasteiger charge is 2.34. The van der Waals surface area contributed by atoms with Gasteiger partial charge in [-0.1, -0.05) is 19.9 Å². The Hall–Kier alpha value is -1.14. The Morgan fingerprint density at radius 2 is 2.16 bits per heavy atom. The molecule has 1 atom stereocenters. The second-order valence-corrected chi connectivity index (χ2v) is 5.10. The summed E-state index contributed by atoms with van der Waals surface area (Å²) in [5.74, 6) is 0.466. The molecule has 1 aromatic heterocycles. The van der Waals surface area contributed by atoms with Crippen LogP contribution in [0.15, 0.2) is 12.1 Å². The van der Waals surface area contributed by atoms with Gasteiger partial charge in [0.1, 0.15) is 5.69 Å². The largest absolute Gasteiger partial charge is 0.433 e. The average Bonchev–Trinajstić information content (AvgIpc) is 2.34. The number of pyridine rings is 1. The Morgan fingerprint density at radius 3 is 2.79 bits per heavy atom. The second-order valence-electron chi connectivity index (χ2n) is 5.10. The van der Waals surface area contributed by atoms with Crippen LogP contribution in [0.4, 0.5) is 13.2 Å². The van der Waals surface area contributed by atoms with Crippen LogP contribution < -0.4 is 5.32 Å². The minimum Gasteiger partial charge on any atom is -0.373 e. The molecule has 1 aliphatic heterocycles. The van der Waals surface area contributed by atoms with Crippen molar-refractivity contribution in [2.24, 2.45) is 5.92 Å². The van der Waals surface area contributed by atoms with Crippen molar-refractivity contribution in [2.45, 2.75) is 32.7 Å². The van der Waals surface area contributed by atoms with Crippen molar-refractivity contribution in [1.82, 2.24) is 10.3 Å². The first kappa shape index (κ1) is 14.3. The number of rotatable bonds is 3. The van der Waals surface area contributed by atoms with Gasteiger partial charge in [0.25, 0.3) is 0 Å². The van der Waals surface area contributed by atoms with Gasteiger partial charge >= 0.3 is 6.18 Å². The van der Waals surface area contributed by atoms with Gasteiger partial charge in [0, 0.05) is 0 Å². The Balaban J connectivity index is 2.21. The summed E-state index contributed by atoms with van der Waals surface area (Å²) in [6, 6.07) is 2.46. The summed E-state index contributed by atoms with van der Waals surface area (Å²) >= 11 is 0. The standard InChI is InChI=1S/C13H17F3N2O/c1-8(2)5-17-10-6-19-7-11-9(10)3-4-12(18-11)13(14,15)16/h3-4,8,10,17H,5-7H2,1-2H3. The normalized spacial score (nSPS) is 19.6. The lowest BCUT2D eigenvalue weighted by Gasteiger charge is -2.27. The van der Waals surface area contributed by atoms with E-state index in [9.17, 15) is 13.2 Å². The molecule has 0 aliphatic carbocycles. The molecule has 19 heavy (non-hydrogen) atoms. The lowest BCUT2D eigenvalue weighted by atomic mass is 10.0. The first-order valence-electron chi connectivity index (χ1n) is 6.26. The lowest BCUT2D eigenvalue weighted by Crippen LogP contribution is -2.33. The van der Waals surface area contributed by atoms with E-state index in [0.29, 0.717) is 18.2 Å². The van der Waals surface area contributed by atoms with Crippen LogP contribution in [0, 0.1) is 5.92 Å². The average molecular weight is 274 g/mol. The molecule has 0 fully saturated rings. The molecule has 0 saturated carbocycles. The molecule has 0 bridgehead atoms. The number of nitrogens with zero attached hydrogens (tertiary/aromatic N) is 1. The Morgan fingerprint density at radius 1 is 1.42 bits per heavy atom. The smallest absolute Gasteiger partial charge is 0.373 e. The van der Waals surface area contributed by atoms with Gasteiger partial charge in [-0.05, 0) is 24.1 Å². The van der Waals surface area contributed by atoms with Gasteiger partial charge < -0.3 is 10.1 Å². The van der Waals surface area contributed by atoms with E-state index in [-0.39, 0.29) is 12.6 Å². The number of hydrogen-bond acceptors (Lipinski definition) is 3. The molecule has 0 aromatic carbocycles. The van der Waals surface area contributed by atoms with Crippen molar-refractivity contribution < 1.29 is 17.9 Å². The summed E-state index contributed by atoms with van der Waals surface area (Å²) < 4.78 is 43.1. The van der Waals surface area contributed by atoms with E-state index in [1.807, 2.05) is 0 Å². The van der Waals surface area contributed by atoms with Crippen LogP contribution in [0.5, 0.6) is 0 Å². The highest BCUT2D eigenvalue weighted by atomic mass is 19.4. The minimum atomic E-state index is -4.41. The number of aromatic nitrogens is 1. The highest BCUT2D eigenvalue weighted by Crippen LogP contribution is 2.31. The lowest BCUT2D eigenvalue weighted by molar-refractivity contribution is -0.141. The fraction of sp³-hybridized carbons (Fsp3) is 0.615. The first-order chi connectivity index (χ1) is 8.88. The molecular weight excluding hydrogens is 257 g/mol. The predicted octanol–water partition coefficient (Wildman–Crippen LogP) is 2.92. The quantitative estimate of drug-likeness (QED) is 0.920. The molecule has 1 unspecified atom stereocenters. The third-order valence-electron chi connectivity index (χ3n) is 2.97. The fourth-order valence-electron chi connectivity index (χ4n) is 2.01. The topological polar surface area (TPSA) is 34.1 Å². The monoisotopic (exact) mass is 274 g/mol. The zero-order valence-corrected chi connectivity index (χ0v) is 10.9. The maximum Gasteiger partial charge on any atom is 0.433 e. The van der Waals surface area contributed by atoms with E-state index in [0.717, 1.165) is 18.2 Å². The van der Waals surface area contributed by atoms with Crippen molar-refractivity contribution in [1.29, 1.82) is 0 Å². The van der Waals surface area contributed by atoms with Gasteiger partial charge in [0.05, 0.1) is 24.9 Å². The van der Waals surface area contributed by atoms with Crippen LogP contribution in [0.1, 0.15) is 36.8 Å². The summed E-state index contributed by atoms with van der Waals surface area (Å²) in [7, 11) is 0. The van der Waals surface area contributed by atoms with E-state index in [4.69, 9.17) is 4.74 Å². The molecule has 0 radical (unpaired) electrons. The van der Waals surface area contributed by atoms with E-state index in [2.05, 4.69) is 24.1 Å². The van der Waals surface area contributed by atoms with Crippen LogP contribution >= 0.6 is 0 Å². The second kappa shape index (κ2) is 5.46. The molecule has 106 valence electrons. The van der Waals surface area contributed by atoms with E-state index < -0.39 is 11.9 Å². The summed E-state index contributed by atoms with van der Waals surface area (Å²) in [5, 5.41) is 3.29. The zero-order valence-electron chi connectivity index (χ0n) is 10.9. The Bertz CT molecular complexity index is 446. The SMILES string of the molecule is CC(C)CNC1COCc2nc(C(F)(F)F)ccc21. The summed E-state index contributed by atoms with van der Waals surface area (Å²) in [6.07, 6.45) is -4.41. The van der Waals surface area contributed by atoms with Crippen LogP contribution in [-0.2, 0) is 17.5 Å². The maximum atomic E-state index is 12.6. The van der Waals surface area contributed by atoms with Gasteiger partial charge in [-0.2, -0.15) is 13.2 Å². The van der Waals surface area contributed by atoms with Crippen LogP contribution in [0.25, 0.3) is 0 Å². The summed E-state index contributed by atoms with van der Waals surface area (Å²) in [4.78, 5) is 3.67. The van der Waals surface area contributed by atoms with Gasteiger partial charge in [-0.3, -0.25) is 0 Å². The van der Waals surface area contributed by atoms with Crippen LogP contribution in [0.3, 0.4) is 0 Å². The number of alkyl halides is 3. The van der Waals surface area contributed by atoms with Crippen LogP contribution in [-0.4, -0.2) is 18.1 Å². The van der Waals surface area contributed by atoms with E-state index >= 15 is 0 Å². The van der Waals surface area contributed by atoms with E-state index in [1.165, 1.54) is 6.07 Å². The van der Waals surface area contributed by atoms with Crippen LogP contribution in [0.2, 0.25) is 0 Å². The van der Waals surface area contributed by atoms with Gasteiger partial charge in [-0.25, -0.2) is 4.98 Å². The third-order valence-corrected chi connectivity index (χ3v) is 2.97. The molecule has 1 aliphatic rings. The highest BCUT2D eigenvalue weighted by molar-refractivity contribution is 5.28. The molecule has 2 rings (SSSR count). The van der Waals surface area contributed by atoms with Gasteiger partial charge in [0.15, 0.2) is 0 Å². The molecule has 0 amide bonds. The van der Waals surface area contributed by atoms with Gasteiger partial charge in [-0.15, -0.1) is 0 Å². The Labute approximate surface area is 110 Å². The minimum absolute atomic E-state index is 0.0825. The van der Waals surface area contributed by atoms with Crippen molar-refractivity contribution >= 4 is 0 Å². The number of nitrogens with one attached hydrogen (secondary N) is 1. The van der Waals surface area contributed by atoms with Crippen molar-refractivity contribution in [3.05, 3.63) is 29.1 Å². The molecule has 6 heteroatoms. The summed E-state index contributed by atoms with van der Waals surface area (Å²) in [6.45, 7) is 5.53.